The van der Waals surface area contributed by atoms with E-state index in [0.29, 0.717) is 12.5 Å². The van der Waals surface area contributed by atoms with E-state index in [1.807, 2.05) is 24.3 Å². The number of hydrogen-bond donors (Lipinski definition) is 3. The molecule has 0 spiro atoms. The largest absolute Gasteiger partial charge is 0.395 e. The van der Waals surface area contributed by atoms with E-state index in [1.54, 1.807) is 0 Å². The first-order valence-corrected chi connectivity index (χ1v) is 6.20. The van der Waals surface area contributed by atoms with E-state index in [4.69, 9.17) is 5.11 Å². The molecule has 0 atom stereocenters. The van der Waals surface area contributed by atoms with Gasteiger partial charge in [-0.2, -0.15) is 4.98 Å². The van der Waals surface area contributed by atoms with E-state index in [9.17, 15) is 0 Å². The Kier molecular flexibility index (Phi) is 4.30. The smallest absolute Gasteiger partial charge is 0.225 e. The summed E-state index contributed by atoms with van der Waals surface area (Å²) in [6.45, 7) is 3.50. The van der Waals surface area contributed by atoms with Gasteiger partial charge in [0.2, 0.25) is 5.95 Å². The zero-order valence-corrected chi connectivity index (χ0v) is 10.5. The zero-order chi connectivity index (χ0) is 12.8. The molecule has 1 heterocycles. The molecule has 3 N–H and O–H groups in total. The van der Waals surface area contributed by atoms with Gasteiger partial charge < -0.3 is 15.7 Å². The first-order valence-electron chi connectivity index (χ1n) is 6.20. The number of aromatic nitrogens is 2. The molecule has 0 fully saturated rings. The summed E-state index contributed by atoms with van der Waals surface area (Å²) < 4.78 is 0. The van der Waals surface area contributed by atoms with Crippen LogP contribution in [0.5, 0.6) is 0 Å². The molecule has 0 saturated heterocycles. The van der Waals surface area contributed by atoms with Crippen LogP contribution in [0.4, 0.5) is 11.8 Å². The van der Waals surface area contributed by atoms with E-state index < -0.39 is 0 Å². The number of para-hydroxylation sites is 1. The van der Waals surface area contributed by atoms with Crippen LogP contribution in [-0.4, -0.2) is 34.8 Å². The van der Waals surface area contributed by atoms with Crippen molar-refractivity contribution in [1.82, 2.24) is 9.97 Å². The third kappa shape index (κ3) is 2.87. The molecule has 0 radical (unpaired) electrons. The quantitative estimate of drug-likeness (QED) is 0.725. The van der Waals surface area contributed by atoms with Crippen molar-refractivity contribution in [1.29, 1.82) is 0 Å². The Hall–Kier alpha value is -1.88. The maximum absolute atomic E-state index is 8.89. The van der Waals surface area contributed by atoms with E-state index in [0.717, 1.165) is 29.7 Å². The van der Waals surface area contributed by atoms with Gasteiger partial charge in [0.15, 0.2) is 0 Å². The second-order valence-corrected chi connectivity index (χ2v) is 3.99. The molecule has 96 valence electrons. The van der Waals surface area contributed by atoms with Crippen molar-refractivity contribution < 1.29 is 5.11 Å². The highest BCUT2D eigenvalue weighted by molar-refractivity contribution is 5.89. The topological polar surface area (TPSA) is 70.1 Å². The fourth-order valence-corrected chi connectivity index (χ4v) is 1.70. The number of nitrogens with one attached hydrogen (secondary N) is 2. The Morgan fingerprint density at radius 1 is 1.11 bits per heavy atom. The summed E-state index contributed by atoms with van der Waals surface area (Å²) in [5, 5.41) is 16.1. The molecule has 0 aliphatic carbocycles. The molecule has 0 aliphatic rings. The SMILES string of the molecule is CCCNc1nc(NCCO)c2ccccc2n1. The molecule has 0 aliphatic heterocycles. The number of benzene rings is 1. The van der Waals surface area contributed by atoms with Gasteiger partial charge in [-0.3, -0.25) is 0 Å². The summed E-state index contributed by atoms with van der Waals surface area (Å²) in [6, 6.07) is 7.83. The van der Waals surface area contributed by atoms with Crippen molar-refractivity contribution in [3.05, 3.63) is 24.3 Å². The maximum Gasteiger partial charge on any atom is 0.225 e. The minimum absolute atomic E-state index is 0.0794. The lowest BCUT2D eigenvalue weighted by Crippen LogP contribution is -2.10. The maximum atomic E-state index is 8.89. The average molecular weight is 246 g/mol. The molecule has 1 aromatic carbocycles. The average Bonchev–Trinajstić information content (AvgIpc) is 2.42. The van der Waals surface area contributed by atoms with E-state index in [1.165, 1.54) is 0 Å². The van der Waals surface area contributed by atoms with Gasteiger partial charge in [-0.25, -0.2) is 4.98 Å². The van der Waals surface area contributed by atoms with Crippen molar-refractivity contribution in [2.45, 2.75) is 13.3 Å². The van der Waals surface area contributed by atoms with Gasteiger partial charge in [-0.05, 0) is 18.6 Å². The fourth-order valence-electron chi connectivity index (χ4n) is 1.70. The second kappa shape index (κ2) is 6.16. The molecule has 0 saturated carbocycles. The molecule has 18 heavy (non-hydrogen) atoms. The summed E-state index contributed by atoms with van der Waals surface area (Å²) in [5.74, 6) is 1.38. The van der Waals surface area contributed by atoms with Gasteiger partial charge in [-0.15, -0.1) is 0 Å². The van der Waals surface area contributed by atoms with Crippen LogP contribution in [0.1, 0.15) is 13.3 Å². The van der Waals surface area contributed by atoms with Gasteiger partial charge in [0.05, 0.1) is 12.1 Å². The van der Waals surface area contributed by atoms with Crippen LogP contribution in [0.25, 0.3) is 10.9 Å². The van der Waals surface area contributed by atoms with Gasteiger partial charge in [0.1, 0.15) is 5.82 Å². The highest BCUT2D eigenvalue weighted by atomic mass is 16.3. The third-order valence-electron chi connectivity index (χ3n) is 2.54. The number of rotatable bonds is 6. The molecule has 2 rings (SSSR count). The highest BCUT2D eigenvalue weighted by Gasteiger charge is 2.06. The number of aliphatic hydroxyl groups excluding tert-OH is 1. The fraction of sp³-hybridized carbons (Fsp3) is 0.385. The Morgan fingerprint density at radius 2 is 1.94 bits per heavy atom. The minimum atomic E-state index is 0.0794. The lowest BCUT2D eigenvalue weighted by Gasteiger charge is -2.10. The monoisotopic (exact) mass is 246 g/mol. The minimum Gasteiger partial charge on any atom is -0.395 e. The van der Waals surface area contributed by atoms with Crippen LogP contribution in [0, 0.1) is 0 Å². The zero-order valence-electron chi connectivity index (χ0n) is 10.5. The Labute approximate surface area is 106 Å². The number of hydrogen-bond acceptors (Lipinski definition) is 5. The number of fused-ring (bicyclic) bond motifs is 1. The normalized spacial score (nSPS) is 10.6. The van der Waals surface area contributed by atoms with Crippen LogP contribution in [0.2, 0.25) is 0 Å². The molecular formula is C13H18N4O. The first kappa shape index (κ1) is 12.6. The number of aliphatic hydroxyl groups is 1. The predicted octanol–water partition coefficient (Wildman–Crippen LogP) is 1.86. The molecule has 5 nitrogen and oxygen atoms in total. The molecule has 0 unspecified atom stereocenters. The molecule has 1 aromatic heterocycles. The summed E-state index contributed by atoms with van der Waals surface area (Å²) >= 11 is 0. The third-order valence-corrected chi connectivity index (χ3v) is 2.54. The summed E-state index contributed by atoms with van der Waals surface area (Å²) in [7, 11) is 0. The summed E-state index contributed by atoms with van der Waals surface area (Å²) in [4.78, 5) is 8.89. The highest BCUT2D eigenvalue weighted by Crippen LogP contribution is 2.21. The summed E-state index contributed by atoms with van der Waals surface area (Å²) in [5.41, 5.74) is 0.895. The van der Waals surface area contributed by atoms with Crippen LogP contribution in [-0.2, 0) is 0 Å². The van der Waals surface area contributed by atoms with Crippen LogP contribution in [0.3, 0.4) is 0 Å². The lowest BCUT2D eigenvalue weighted by atomic mass is 10.2. The lowest BCUT2D eigenvalue weighted by molar-refractivity contribution is 0.311. The Balaban J connectivity index is 2.36. The summed E-state index contributed by atoms with van der Waals surface area (Å²) in [6.07, 6.45) is 1.02. The van der Waals surface area contributed by atoms with Gasteiger partial charge >= 0.3 is 0 Å². The van der Waals surface area contributed by atoms with Crippen molar-refractivity contribution >= 4 is 22.7 Å². The van der Waals surface area contributed by atoms with Crippen LogP contribution >= 0.6 is 0 Å². The van der Waals surface area contributed by atoms with E-state index >= 15 is 0 Å². The second-order valence-electron chi connectivity index (χ2n) is 3.99. The van der Waals surface area contributed by atoms with Crippen molar-refractivity contribution in [2.24, 2.45) is 0 Å². The molecular weight excluding hydrogens is 228 g/mol. The molecule has 0 bridgehead atoms. The molecule has 2 aromatic rings. The number of anilines is 2. The van der Waals surface area contributed by atoms with Crippen LogP contribution < -0.4 is 10.6 Å². The van der Waals surface area contributed by atoms with E-state index in [-0.39, 0.29) is 6.61 Å². The Morgan fingerprint density at radius 3 is 2.72 bits per heavy atom. The molecule has 0 amide bonds. The first-order chi connectivity index (χ1) is 8.85. The van der Waals surface area contributed by atoms with Crippen molar-refractivity contribution in [3.8, 4) is 0 Å². The van der Waals surface area contributed by atoms with Gasteiger partial charge in [-0.1, -0.05) is 19.1 Å². The standard InChI is InChI=1S/C13H18N4O/c1-2-7-15-13-16-11-6-4-3-5-10(11)12(17-13)14-8-9-18/h3-6,18H,2,7-9H2,1H3,(H2,14,15,16,17). The van der Waals surface area contributed by atoms with Gasteiger partial charge in [0, 0.05) is 18.5 Å². The molecule has 5 heteroatoms. The van der Waals surface area contributed by atoms with Crippen LogP contribution in [0.15, 0.2) is 24.3 Å². The van der Waals surface area contributed by atoms with Crippen molar-refractivity contribution in [3.63, 3.8) is 0 Å². The van der Waals surface area contributed by atoms with Gasteiger partial charge in [0.25, 0.3) is 0 Å². The Bertz CT molecular complexity index is 515. The number of nitrogens with zero attached hydrogens (tertiary/aromatic N) is 2. The van der Waals surface area contributed by atoms with Crippen molar-refractivity contribution in [2.75, 3.05) is 30.3 Å². The van der Waals surface area contributed by atoms with E-state index in [2.05, 4.69) is 27.5 Å². The predicted molar refractivity (Wildman–Crippen MR) is 73.9 cm³/mol.